The standard InChI is InChI=1S/C18H20N2O3S/c1-5-23-17(22)14-11(3)19-18-20(16(21)12(4)24-18)15(14)13-8-6-10(2)7-9-13/h6-9,12,15H,5H2,1-4H3/t12-,15+/m0/s1. The molecule has 2 atom stereocenters. The molecule has 2 heterocycles. The largest absolute Gasteiger partial charge is 0.463 e. The molecule has 0 aliphatic carbocycles. The fraction of sp³-hybridized carbons (Fsp3) is 0.389. The van der Waals surface area contributed by atoms with Crippen LogP contribution in [0.2, 0.25) is 0 Å². The first-order valence-electron chi connectivity index (χ1n) is 7.97. The molecule has 0 bridgehead atoms. The van der Waals surface area contributed by atoms with Crippen molar-refractivity contribution in [1.29, 1.82) is 0 Å². The van der Waals surface area contributed by atoms with Crippen molar-refractivity contribution in [2.24, 2.45) is 4.99 Å². The van der Waals surface area contributed by atoms with Crippen LogP contribution in [0.5, 0.6) is 0 Å². The number of carbonyl (C=O) groups excluding carboxylic acids is 2. The Labute approximate surface area is 145 Å². The van der Waals surface area contributed by atoms with E-state index >= 15 is 0 Å². The number of ether oxygens (including phenoxy) is 1. The van der Waals surface area contributed by atoms with Crippen LogP contribution in [0, 0.1) is 6.92 Å². The first-order chi connectivity index (χ1) is 11.4. The first kappa shape index (κ1) is 16.8. The van der Waals surface area contributed by atoms with E-state index in [1.54, 1.807) is 18.7 Å². The van der Waals surface area contributed by atoms with Crippen LogP contribution in [-0.2, 0) is 14.3 Å². The van der Waals surface area contributed by atoms with Gasteiger partial charge in [-0.25, -0.2) is 9.79 Å². The Kier molecular flexibility index (Phi) is 4.49. The highest BCUT2D eigenvalue weighted by molar-refractivity contribution is 8.15. The maximum atomic E-state index is 12.7. The van der Waals surface area contributed by atoms with Gasteiger partial charge in [0, 0.05) is 0 Å². The molecule has 3 rings (SSSR count). The van der Waals surface area contributed by atoms with Gasteiger partial charge in [-0.15, -0.1) is 0 Å². The lowest BCUT2D eigenvalue weighted by Crippen LogP contribution is -2.40. The molecule has 0 spiro atoms. The highest BCUT2D eigenvalue weighted by Crippen LogP contribution is 2.43. The number of nitrogens with zero attached hydrogens (tertiary/aromatic N) is 2. The molecule has 0 unspecified atom stereocenters. The summed E-state index contributed by atoms with van der Waals surface area (Å²) in [4.78, 5) is 31.3. The van der Waals surface area contributed by atoms with E-state index in [0.717, 1.165) is 11.1 Å². The van der Waals surface area contributed by atoms with Crippen LogP contribution in [-0.4, -0.2) is 33.8 Å². The quantitative estimate of drug-likeness (QED) is 0.790. The number of aryl methyl sites for hydroxylation is 1. The molecule has 1 fully saturated rings. The predicted molar refractivity (Wildman–Crippen MR) is 94.6 cm³/mol. The summed E-state index contributed by atoms with van der Waals surface area (Å²) in [5, 5.41) is 0.453. The zero-order valence-corrected chi connectivity index (χ0v) is 15.0. The maximum Gasteiger partial charge on any atom is 0.338 e. The first-order valence-corrected chi connectivity index (χ1v) is 8.85. The second kappa shape index (κ2) is 6.43. The predicted octanol–water partition coefficient (Wildman–Crippen LogP) is 3.21. The number of aliphatic imine (C=N–C) groups is 1. The minimum absolute atomic E-state index is 0.0291. The Balaban J connectivity index is 2.14. The number of allylic oxidation sites excluding steroid dienone is 1. The Morgan fingerprint density at radius 3 is 2.58 bits per heavy atom. The second-order valence-corrected chi connectivity index (χ2v) is 7.20. The van der Waals surface area contributed by atoms with Crippen LogP contribution in [0.15, 0.2) is 40.5 Å². The number of carbonyl (C=O) groups is 2. The van der Waals surface area contributed by atoms with Gasteiger partial charge in [0.25, 0.3) is 0 Å². The molecular weight excluding hydrogens is 324 g/mol. The number of rotatable bonds is 3. The highest BCUT2D eigenvalue weighted by atomic mass is 32.2. The van der Waals surface area contributed by atoms with Gasteiger partial charge in [0.05, 0.1) is 29.2 Å². The van der Waals surface area contributed by atoms with E-state index in [9.17, 15) is 9.59 Å². The van der Waals surface area contributed by atoms with Crippen LogP contribution >= 0.6 is 11.8 Å². The zero-order chi connectivity index (χ0) is 17.4. The molecule has 2 aliphatic rings. The van der Waals surface area contributed by atoms with Gasteiger partial charge >= 0.3 is 5.97 Å². The van der Waals surface area contributed by atoms with E-state index < -0.39 is 12.0 Å². The normalized spacial score (nSPS) is 23.2. The summed E-state index contributed by atoms with van der Waals surface area (Å²) in [5.74, 6) is -0.445. The van der Waals surface area contributed by atoms with E-state index in [1.165, 1.54) is 11.8 Å². The minimum atomic E-state index is -0.484. The summed E-state index contributed by atoms with van der Waals surface area (Å²) in [7, 11) is 0. The number of hydrogen-bond donors (Lipinski definition) is 0. The number of amidine groups is 1. The Bertz CT molecular complexity index is 752. The van der Waals surface area contributed by atoms with Gasteiger partial charge in [-0.3, -0.25) is 9.69 Å². The Morgan fingerprint density at radius 1 is 1.29 bits per heavy atom. The Morgan fingerprint density at radius 2 is 1.96 bits per heavy atom. The fourth-order valence-corrected chi connectivity index (χ4v) is 3.97. The van der Waals surface area contributed by atoms with Crippen LogP contribution in [0.3, 0.4) is 0 Å². The molecule has 0 saturated carbocycles. The average Bonchev–Trinajstić information content (AvgIpc) is 2.81. The lowest BCUT2D eigenvalue weighted by Gasteiger charge is -2.33. The van der Waals surface area contributed by atoms with Crippen molar-refractivity contribution in [3.05, 3.63) is 46.7 Å². The smallest absolute Gasteiger partial charge is 0.338 e. The molecule has 0 aromatic heterocycles. The molecule has 1 aromatic carbocycles. The van der Waals surface area contributed by atoms with Crippen LogP contribution < -0.4 is 0 Å². The summed E-state index contributed by atoms with van der Waals surface area (Å²) in [6.45, 7) is 7.71. The zero-order valence-electron chi connectivity index (χ0n) is 14.2. The molecule has 6 heteroatoms. The van der Waals surface area contributed by atoms with E-state index in [-0.39, 0.29) is 17.8 Å². The van der Waals surface area contributed by atoms with Crippen molar-refractivity contribution >= 4 is 28.8 Å². The molecule has 1 amide bonds. The summed E-state index contributed by atoms with van der Waals surface area (Å²) >= 11 is 1.43. The second-order valence-electron chi connectivity index (χ2n) is 5.90. The molecule has 2 aliphatic heterocycles. The van der Waals surface area contributed by atoms with Crippen molar-refractivity contribution in [2.45, 2.75) is 39.0 Å². The van der Waals surface area contributed by atoms with Crippen LogP contribution in [0.4, 0.5) is 0 Å². The van der Waals surface area contributed by atoms with Gasteiger partial charge in [0.2, 0.25) is 5.91 Å². The number of thioether (sulfide) groups is 1. The third-order valence-corrected chi connectivity index (χ3v) is 5.20. The van der Waals surface area contributed by atoms with E-state index in [4.69, 9.17) is 4.74 Å². The monoisotopic (exact) mass is 344 g/mol. The van der Waals surface area contributed by atoms with Gasteiger partial charge in [-0.1, -0.05) is 41.6 Å². The van der Waals surface area contributed by atoms with Crippen molar-refractivity contribution in [3.8, 4) is 0 Å². The van der Waals surface area contributed by atoms with Crippen LogP contribution in [0.1, 0.15) is 37.9 Å². The third-order valence-electron chi connectivity index (χ3n) is 4.15. The van der Waals surface area contributed by atoms with E-state index in [0.29, 0.717) is 16.4 Å². The number of esters is 1. The number of amides is 1. The molecule has 1 aromatic rings. The average molecular weight is 344 g/mol. The fourth-order valence-electron chi connectivity index (χ4n) is 2.94. The van der Waals surface area contributed by atoms with Gasteiger partial charge < -0.3 is 4.74 Å². The van der Waals surface area contributed by atoms with Gasteiger partial charge in [-0.2, -0.15) is 0 Å². The molecule has 0 radical (unpaired) electrons. The van der Waals surface area contributed by atoms with Crippen molar-refractivity contribution in [2.75, 3.05) is 6.61 Å². The summed E-state index contributed by atoms with van der Waals surface area (Å²) in [6, 6.07) is 7.39. The van der Waals surface area contributed by atoms with E-state index in [1.807, 2.05) is 38.1 Å². The Hall–Kier alpha value is -2.08. The summed E-state index contributed by atoms with van der Waals surface area (Å²) < 4.78 is 5.23. The van der Waals surface area contributed by atoms with E-state index in [2.05, 4.69) is 4.99 Å². The topological polar surface area (TPSA) is 59.0 Å². The number of hydrogen-bond acceptors (Lipinski definition) is 5. The van der Waals surface area contributed by atoms with Crippen molar-refractivity contribution in [3.63, 3.8) is 0 Å². The molecular formula is C18H20N2O3S. The lowest BCUT2D eigenvalue weighted by molar-refractivity contribution is -0.139. The number of benzene rings is 1. The van der Waals surface area contributed by atoms with Crippen LogP contribution in [0.25, 0.3) is 0 Å². The lowest BCUT2D eigenvalue weighted by atomic mass is 9.93. The van der Waals surface area contributed by atoms with Gasteiger partial charge in [0.15, 0.2) is 5.17 Å². The number of fused-ring (bicyclic) bond motifs is 1. The molecule has 24 heavy (non-hydrogen) atoms. The summed E-state index contributed by atoms with van der Waals surface area (Å²) in [5.41, 5.74) is 3.06. The molecule has 5 nitrogen and oxygen atoms in total. The molecule has 126 valence electrons. The SMILES string of the molecule is CCOC(=O)C1=C(C)N=C2S[C@@H](C)C(=O)N2[C@@H]1c1ccc(C)cc1. The van der Waals surface area contributed by atoms with Crippen molar-refractivity contribution in [1.82, 2.24) is 4.90 Å². The van der Waals surface area contributed by atoms with Crippen molar-refractivity contribution < 1.29 is 14.3 Å². The highest BCUT2D eigenvalue weighted by Gasteiger charge is 2.46. The van der Waals surface area contributed by atoms with Gasteiger partial charge in [-0.05, 0) is 33.3 Å². The third kappa shape index (κ3) is 2.75. The van der Waals surface area contributed by atoms with Gasteiger partial charge in [0.1, 0.15) is 0 Å². The summed E-state index contributed by atoms with van der Waals surface area (Å²) in [6.07, 6.45) is 0. The minimum Gasteiger partial charge on any atom is -0.463 e. The maximum absolute atomic E-state index is 12.7. The molecule has 0 N–H and O–H groups in total. The molecule has 1 saturated heterocycles.